The normalized spacial score (nSPS) is 10.6. The molecule has 0 saturated heterocycles. The molecule has 1 N–H and O–H groups in total. The largest absolute Gasteiger partial charge is 0.438 e. The molecular weight excluding hydrogens is 407 g/mol. The number of nitrogens with one attached hydrogen (secondary N) is 1. The molecular formula is C14H13Br2ClN2O. The standard InChI is InChI=1S/C14H13Br2ClN2O/c1-2-18-7-9-5-10(15)8-19-14(9)20-13-4-3-11(17)6-12(13)16/h3-6,8,18H,2,7H2,1H3. The molecule has 0 bridgehead atoms. The van der Waals surface area contributed by atoms with Crippen LogP contribution in [0, 0.1) is 0 Å². The topological polar surface area (TPSA) is 34.2 Å². The van der Waals surface area contributed by atoms with Crippen molar-refractivity contribution in [2.75, 3.05) is 6.54 Å². The van der Waals surface area contributed by atoms with E-state index in [-0.39, 0.29) is 0 Å². The number of rotatable bonds is 5. The van der Waals surface area contributed by atoms with E-state index < -0.39 is 0 Å². The monoisotopic (exact) mass is 418 g/mol. The SMILES string of the molecule is CCNCc1cc(Br)cnc1Oc1ccc(Cl)cc1Br. The molecule has 6 heteroatoms. The lowest BCUT2D eigenvalue weighted by molar-refractivity contribution is 0.450. The molecule has 1 aromatic heterocycles. The molecule has 1 heterocycles. The van der Waals surface area contributed by atoms with E-state index in [1.165, 1.54) is 0 Å². The summed E-state index contributed by atoms with van der Waals surface area (Å²) < 4.78 is 7.59. The number of aromatic nitrogens is 1. The maximum absolute atomic E-state index is 5.92. The van der Waals surface area contributed by atoms with Gasteiger partial charge >= 0.3 is 0 Å². The summed E-state index contributed by atoms with van der Waals surface area (Å²) in [6.07, 6.45) is 1.72. The molecule has 2 aromatic rings. The third kappa shape index (κ3) is 4.19. The van der Waals surface area contributed by atoms with Crippen LogP contribution in [0.5, 0.6) is 11.6 Å². The molecule has 20 heavy (non-hydrogen) atoms. The lowest BCUT2D eigenvalue weighted by Crippen LogP contribution is -2.13. The van der Waals surface area contributed by atoms with Crippen molar-refractivity contribution in [2.24, 2.45) is 0 Å². The maximum Gasteiger partial charge on any atom is 0.223 e. The van der Waals surface area contributed by atoms with Crippen LogP contribution in [0.1, 0.15) is 12.5 Å². The molecule has 1 aromatic carbocycles. The Bertz CT molecular complexity index is 608. The van der Waals surface area contributed by atoms with Crippen molar-refractivity contribution in [3.63, 3.8) is 0 Å². The van der Waals surface area contributed by atoms with Crippen LogP contribution in [0.2, 0.25) is 5.02 Å². The molecule has 0 atom stereocenters. The minimum atomic E-state index is 0.581. The van der Waals surface area contributed by atoms with Gasteiger partial charge in [0.05, 0.1) is 4.47 Å². The van der Waals surface area contributed by atoms with E-state index >= 15 is 0 Å². The van der Waals surface area contributed by atoms with Crippen LogP contribution in [-0.2, 0) is 6.54 Å². The molecule has 0 aliphatic carbocycles. The number of halogens is 3. The highest BCUT2D eigenvalue weighted by atomic mass is 79.9. The number of hydrogen-bond donors (Lipinski definition) is 1. The van der Waals surface area contributed by atoms with Gasteiger partial charge in [-0.25, -0.2) is 4.98 Å². The molecule has 0 spiro atoms. The molecule has 0 unspecified atom stereocenters. The zero-order chi connectivity index (χ0) is 14.5. The summed E-state index contributed by atoms with van der Waals surface area (Å²) in [7, 11) is 0. The first-order valence-corrected chi connectivity index (χ1v) is 8.04. The summed E-state index contributed by atoms with van der Waals surface area (Å²) in [5, 5.41) is 3.92. The Morgan fingerprint density at radius 2 is 2.10 bits per heavy atom. The first-order chi connectivity index (χ1) is 9.60. The third-order valence-corrected chi connectivity index (χ3v) is 3.85. The Morgan fingerprint density at radius 3 is 2.80 bits per heavy atom. The van der Waals surface area contributed by atoms with Crippen molar-refractivity contribution < 1.29 is 4.74 Å². The predicted molar refractivity (Wildman–Crippen MR) is 88.5 cm³/mol. The van der Waals surface area contributed by atoms with E-state index in [0.717, 1.165) is 21.1 Å². The van der Waals surface area contributed by atoms with Gasteiger partial charge in [-0.2, -0.15) is 0 Å². The lowest BCUT2D eigenvalue weighted by Gasteiger charge is -2.12. The zero-order valence-electron chi connectivity index (χ0n) is 10.8. The van der Waals surface area contributed by atoms with E-state index in [2.05, 4.69) is 49.1 Å². The van der Waals surface area contributed by atoms with Crippen molar-refractivity contribution in [2.45, 2.75) is 13.5 Å². The molecule has 0 radical (unpaired) electrons. The third-order valence-electron chi connectivity index (χ3n) is 2.56. The first kappa shape index (κ1) is 15.8. The smallest absolute Gasteiger partial charge is 0.223 e. The molecule has 3 nitrogen and oxygen atoms in total. The van der Waals surface area contributed by atoms with Crippen LogP contribution >= 0.6 is 43.5 Å². The first-order valence-electron chi connectivity index (χ1n) is 6.08. The van der Waals surface area contributed by atoms with Crippen LogP contribution in [-0.4, -0.2) is 11.5 Å². The summed E-state index contributed by atoms with van der Waals surface area (Å²) in [6.45, 7) is 3.64. The van der Waals surface area contributed by atoms with Crippen molar-refractivity contribution >= 4 is 43.5 Å². The van der Waals surface area contributed by atoms with E-state index in [9.17, 15) is 0 Å². The average Bonchev–Trinajstić information content (AvgIpc) is 2.41. The molecule has 0 aliphatic rings. The molecule has 2 rings (SSSR count). The van der Waals surface area contributed by atoms with Gasteiger partial charge in [0, 0.05) is 27.8 Å². The van der Waals surface area contributed by atoms with E-state index in [1.54, 1.807) is 18.3 Å². The van der Waals surface area contributed by atoms with Gasteiger partial charge in [-0.3, -0.25) is 0 Å². The molecule has 0 aliphatic heterocycles. The van der Waals surface area contributed by atoms with Crippen molar-refractivity contribution in [3.05, 3.63) is 50.0 Å². The fourth-order valence-electron chi connectivity index (χ4n) is 1.61. The molecule has 0 fully saturated rings. The number of nitrogens with zero attached hydrogens (tertiary/aromatic N) is 1. The maximum atomic E-state index is 5.92. The Balaban J connectivity index is 2.27. The van der Waals surface area contributed by atoms with Gasteiger partial charge in [-0.05, 0) is 62.7 Å². The second kappa shape index (κ2) is 7.41. The molecule has 0 saturated carbocycles. The van der Waals surface area contributed by atoms with Crippen LogP contribution in [0.25, 0.3) is 0 Å². The van der Waals surface area contributed by atoms with Crippen molar-refractivity contribution in [3.8, 4) is 11.6 Å². The second-order valence-electron chi connectivity index (χ2n) is 4.07. The minimum absolute atomic E-state index is 0.581. The van der Waals surface area contributed by atoms with Gasteiger partial charge in [0.2, 0.25) is 5.88 Å². The molecule has 0 amide bonds. The van der Waals surface area contributed by atoms with Crippen LogP contribution in [0.4, 0.5) is 0 Å². The Labute approximate surface area is 140 Å². The summed E-state index contributed by atoms with van der Waals surface area (Å²) >= 11 is 12.8. The van der Waals surface area contributed by atoms with Gasteiger partial charge in [0.25, 0.3) is 0 Å². The summed E-state index contributed by atoms with van der Waals surface area (Å²) in [6, 6.07) is 7.38. The van der Waals surface area contributed by atoms with Gasteiger partial charge < -0.3 is 10.1 Å². The predicted octanol–water partition coefficient (Wildman–Crippen LogP) is 5.16. The van der Waals surface area contributed by atoms with Gasteiger partial charge in [0.15, 0.2) is 0 Å². The Kier molecular flexibility index (Phi) is 5.84. The Hall–Kier alpha value is -0.620. The quantitative estimate of drug-likeness (QED) is 0.725. The van der Waals surface area contributed by atoms with Gasteiger partial charge in [0.1, 0.15) is 5.75 Å². The lowest BCUT2D eigenvalue weighted by atomic mass is 10.2. The number of hydrogen-bond acceptors (Lipinski definition) is 3. The fourth-order valence-corrected chi connectivity index (χ4v) is 2.75. The average molecular weight is 421 g/mol. The molecule has 106 valence electrons. The van der Waals surface area contributed by atoms with Gasteiger partial charge in [-0.1, -0.05) is 18.5 Å². The van der Waals surface area contributed by atoms with Crippen molar-refractivity contribution in [1.29, 1.82) is 0 Å². The van der Waals surface area contributed by atoms with E-state index in [4.69, 9.17) is 16.3 Å². The second-order valence-corrected chi connectivity index (χ2v) is 6.28. The minimum Gasteiger partial charge on any atom is -0.438 e. The van der Waals surface area contributed by atoms with E-state index in [0.29, 0.717) is 23.2 Å². The van der Waals surface area contributed by atoms with Crippen LogP contribution in [0.3, 0.4) is 0 Å². The number of ether oxygens (including phenoxy) is 1. The highest BCUT2D eigenvalue weighted by Crippen LogP contribution is 2.33. The number of benzene rings is 1. The highest BCUT2D eigenvalue weighted by Gasteiger charge is 2.10. The van der Waals surface area contributed by atoms with Crippen LogP contribution < -0.4 is 10.1 Å². The van der Waals surface area contributed by atoms with Gasteiger partial charge in [-0.15, -0.1) is 0 Å². The highest BCUT2D eigenvalue weighted by molar-refractivity contribution is 9.10. The van der Waals surface area contributed by atoms with E-state index in [1.807, 2.05) is 12.1 Å². The van der Waals surface area contributed by atoms with Crippen LogP contribution in [0.15, 0.2) is 39.4 Å². The summed E-state index contributed by atoms with van der Waals surface area (Å²) in [4.78, 5) is 4.33. The number of pyridine rings is 1. The van der Waals surface area contributed by atoms with Crippen molar-refractivity contribution in [1.82, 2.24) is 10.3 Å². The summed E-state index contributed by atoms with van der Waals surface area (Å²) in [5.74, 6) is 1.26. The summed E-state index contributed by atoms with van der Waals surface area (Å²) in [5.41, 5.74) is 0.989. The fraction of sp³-hybridized carbons (Fsp3) is 0.214. The zero-order valence-corrected chi connectivity index (χ0v) is 14.7. The Morgan fingerprint density at radius 1 is 1.30 bits per heavy atom.